The number of carboxylic acid groups (broad SMARTS) is 1. The van der Waals surface area contributed by atoms with E-state index in [4.69, 9.17) is 21.4 Å². The fraction of sp³-hybridized carbons (Fsp3) is 0.385. The number of halogens is 1. The van der Waals surface area contributed by atoms with Gasteiger partial charge in [0.15, 0.2) is 0 Å². The van der Waals surface area contributed by atoms with Gasteiger partial charge in [-0.05, 0) is 32.0 Å². The van der Waals surface area contributed by atoms with Crippen molar-refractivity contribution in [3.63, 3.8) is 0 Å². The predicted octanol–water partition coefficient (Wildman–Crippen LogP) is 2.58. The first-order valence-electron chi connectivity index (χ1n) is 6.13. The molecule has 0 heterocycles. The van der Waals surface area contributed by atoms with Gasteiger partial charge in [0.25, 0.3) is 0 Å². The van der Waals surface area contributed by atoms with Crippen LogP contribution in [-0.4, -0.2) is 36.4 Å². The molecule has 1 aromatic rings. The molecule has 1 aromatic carbocycles. The summed E-state index contributed by atoms with van der Waals surface area (Å²) in [6.45, 7) is 4.68. The first kappa shape index (κ1) is 16.3. The van der Waals surface area contributed by atoms with Crippen LogP contribution < -0.4 is 10.6 Å². The molecule has 1 rings (SSSR count). The summed E-state index contributed by atoms with van der Waals surface area (Å²) in [7, 11) is 0. The van der Waals surface area contributed by atoms with Crippen LogP contribution in [0.1, 0.15) is 24.2 Å². The Kier molecular flexibility index (Phi) is 6.27. The van der Waals surface area contributed by atoms with Crippen LogP contribution in [0.15, 0.2) is 18.2 Å². The minimum absolute atomic E-state index is 0.0115. The first-order valence-corrected chi connectivity index (χ1v) is 6.51. The molecule has 6 nitrogen and oxygen atoms in total. The maximum absolute atomic E-state index is 11.6. The number of benzene rings is 1. The molecule has 0 saturated heterocycles. The van der Waals surface area contributed by atoms with Crippen molar-refractivity contribution in [2.45, 2.75) is 20.0 Å². The molecule has 0 spiro atoms. The lowest BCUT2D eigenvalue weighted by Gasteiger charge is -2.13. The molecule has 1 atom stereocenters. The Bertz CT molecular complexity index is 493. The number of urea groups is 1. The Morgan fingerprint density at radius 2 is 2.15 bits per heavy atom. The van der Waals surface area contributed by atoms with Gasteiger partial charge in [-0.2, -0.15) is 0 Å². The summed E-state index contributed by atoms with van der Waals surface area (Å²) >= 11 is 5.80. The Labute approximate surface area is 122 Å². The quantitative estimate of drug-likeness (QED) is 0.753. The third-order valence-electron chi connectivity index (χ3n) is 2.46. The van der Waals surface area contributed by atoms with Gasteiger partial charge < -0.3 is 20.5 Å². The number of carboxylic acids is 1. The van der Waals surface area contributed by atoms with Crippen LogP contribution in [0.4, 0.5) is 10.5 Å². The smallest absolute Gasteiger partial charge is 0.337 e. The van der Waals surface area contributed by atoms with E-state index < -0.39 is 12.0 Å². The van der Waals surface area contributed by atoms with Gasteiger partial charge in [-0.3, -0.25) is 0 Å². The maximum Gasteiger partial charge on any atom is 0.337 e. The summed E-state index contributed by atoms with van der Waals surface area (Å²) in [5.41, 5.74) is 0.407. The van der Waals surface area contributed by atoms with E-state index in [0.29, 0.717) is 18.8 Å². The van der Waals surface area contributed by atoms with E-state index in [2.05, 4.69) is 10.6 Å². The summed E-state index contributed by atoms with van der Waals surface area (Å²) in [6.07, 6.45) is -0.0799. The Balaban J connectivity index is 2.54. The molecule has 110 valence electrons. The van der Waals surface area contributed by atoms with Crippen molar-refractivity contribution in [2.24, 2.45) is 0 Å². The number of rotatable bonds is 6. The highest BCUT2D eigenvalue weighted by molar-refractivity contribution is 6.33. The van der Waals surface area contributed by atoms with E-state index in [1.165, 1.54) is 18.2 Å². The molecule has 7 heteroatoms. The van der Waals surface area contributed by atoms with Gasteiger partial charge in [-0.1, -0.05) is 11.6 Å². The zero-order chi connectivity index (χ0) is 15.1. The molecule has 0 aliphatic carbocycles. The molecule has 1 unspecified atom stereocenters. The molecule has 0 saturated carbocycles. The zero-order valence-electron chi connectivity index (χ0n) is 11.3. The van der Waals surface area contributed by atoms with E-state index in [1.54, 1.807) is 0 Å². The molecule has 0 aliphatic heterocycles. The lowest BCUT2D eigenvalue weighted by Crippen LogP contribution is -2.35. The van der Waals surface area contributed by atoms with Gasteiger partial charge in [0.1, 0.15) is 0 Å². The summed E-state index contributed by atoms with van der Waals surface area (Å²) in [5.74, 6) is -1.11. The van der Waals surface area contributed by atoms with Crippen LogP contribution in [0.25, 0.3) is 0 Å². The monoisotopic (exact) mass is 300 g/mol. The maximum atomic E-state index is 11.6. The number of aromatic carboxylic acids is 1. The SMILES string of the molecule is CCOC(C)CNC(=O)Nc1ccc(C(=O)O)c(Cl)c1. The van der Waals surface area contributed by atoms with Gasteiger partial charge in [-0.15, -0.1) is 0 Å². The van der Waals surface area contributed by atoms with E-state index in [1.807, 2.05) is 13.8 Å². The Morgan fingerprint density at radius 1 is 1.45 bits per heavy atom. The number of carbonyl (C=O) groups is 2. The minimum Gasteiger partial charge on any atom is -0.478 e. The second-order valence-corrected chi connectivity index (χ2v) is 4.51. The molecule has 2 amide bonds. The van der Waals surface area contributed by atoms with Crippen LogP contribution in [0.5, 0.6) is 0 Å². The highest BCUT2D eigenvalue weighted by Crippen LogP contribution is 2.20. The molecular weight excluding hydrogens is 284 g/mol. The van der Waals surface area contributed by atoms with Gasteiger partial charge in [0.05, 0.1) is 16.7 Å². The molecule has 0 radical (unpaired) electrons. The summed E-state index contributed by atoms with van der Waals surface area (Å²) in [4.78, 5) is 22.4. The van der Waals surface area contributed by atoms with Crippen LogP contribution in [0.3, 0.4) is 0 Å². The molecule has 0 aromatic heterocycles. The number of hydrogen-bond acceptors (Lipinski definition) is 3. The van der Waals surface area contributed by atoms with Crippen LogP contribution in [0.2, 0.25) is 5.02 Å². The van der Waals surface area contributed by atoms with Crippen molar-refractivity contribution in [1.82, 2.24) is 5.32 Å². The normalized spacial score (nSPS) is 11.8. The topological polar surface area (TPSA) is 87.7 Å². The summed E-state index contributed by atoms with van der Waals surface area (Å²) in [5, 5.41) is 14.1. The van der Waals surface area contributed by atoms with E-state index in [9.17, 15) is 9.59 Å². The van der Waals surface area contributed by atoms with Crippen LogP contribution in [0, 0.1) is 0 Å². The molecule has 0 bridgehead atoms. The third kappa shape index (κ3) is 5.07. The Hall–Kier alpha value is -1.79. The van der Waals surface area contributed by atoms with E-state index in [-0.39, 0.29) is 16.7 Å². The first-order chi connectivity index (χ1) is 9.43. The van der Waals surface area contributed by atoms with Gasteiger partial charge >= 0.3 is 12.0 Å². The van der Waals surface area contributed by atoms with Crippen molar-refractivity contribution in [2.75, 3.05) is 18.5 Å². The molecule has 20 heavy (non-hydrogen) atoms. The fourth-order valence-electron chi connectivity index (χ4n) is 1.52. The number of amides is 2. The number of nitrogens with one attached hydrogen (secondary N) is 2. The van der Waals surface area contributed by atoms with Gasteiger partial charge in [0.2, 0.25) is 0 Å². The summed E-state index contributed by atoms with van der Waals surface area (Å²) in [6, 6.07) is 3.79. The number of ether oxygens (including phenoxy) is 1. The van der Waals surface area contributed by atoms with Crippen molar-refractivity contribution in [1.29, 1.82) is 0 Å². The second-order valence-electron chi connectivity index (χ2n) is 4.10. The largest absolute Gasteiger partial charge is 0.478 e. The predicted molar refractivity (Wildman–Crippen MR) is 76.5 cm³/mol. The minimum atomic E-state index is -1.11. The standard InChI is InChI=1S/C13H17ClN2O4/c1-3-20-8(2)7-15-13(19)16-9-4-5-10(12(17)18)11(14)6-9/h4-6,8H,3,7H2,1-2H3,(H,17,18)(H2,15,16,19). The van der Waals surface area contributed by atoms with Crippen LogP contribution >= 0.6 is 11.6 Å². The van der Waals surface area contributed by atoms with E-state index in [0.717, 1.165) is 0 Å². The average molecular weight is 301 g/mol. The molecule has 0 fully saturated rings. The molecular formula is C13H17ClN2O4. The van der Waals surface area contributed by atoms with Crippen molar-refractivity contribution in [3.8, 4) is 0 Å². The van der Waals surface area contributed by atoms with E-state index >= 15 is 0 Å². The van der Waals surface area contributed by atoms with Gasteiger partial charge in [0, 0.05) is 18.8 Å². The lowest BCUT2D eigenvalue weighted by molar-refractivity contribution is 0.0697. The molecule has 3 N–H and O–H groups in total. The fourth-order valence-corrected chi connectivity index (χ4v) is 1.78. The zero-order valence-corrected chi connectivity index (χ0v) is 12.0. The molecule has 0 aliphatic rings. The average Bonchev–Trinajstić information content (AvgIpc) is 2.36. The Morgan fingerprint density at radius 3 is 2.70 bits per heavy atom. The highest BCUT2D eigenvalue weighted by Gasteiger charge is 2.10. The van der Waals surface area contributed by atoms with Crippen molar-refractivity contribution in [3.05, 3.63) is 28.8 Å². The van der Waals surface area contributed by atoms with Crippen molar-refractivity contribution < 1.29 is 19.4 Å². The number of carbonyl (C=O) groups excluding carboxylic acids is 1. The van der Waals surface area contributed by atoms with Crippen LogP contribution in [-0.2, 0) is 4.74 Å². The van der Waals surface area contributed by atoms with Crippen molar-refractivity contribution >= 4 is 29.3 Å². The lowest BCUT2D eigenvalue weighted by atomic mass is 10.2. The summed E-state index contributed by atoms with van der Waals surface area (Å²) < 4.78 is 5.27. The second kappa shape index (κ2) is 7.72. The van der Waals surface area contributed by atoms with Gasteiger partial charge in [-0.25, -0.2) is 9.59 Å². The number of hydrogen-bond donors (Lipinski definition) is 3. The highest BCUT2D eigenvalue weighted by atomic mass is 35.5. The number of anilines is 1. The third-order valence-corrected chi connectivity index (χ3v) is 2.77.